The largest absolute Gasteiger partial charge is 0.451 e. The lowest BCUT2D eigenvalue weighted by Gasteiger charge is -2.00. The Kier molecular flexibility index (Phi) is 1.91. The lowest BCUT2D eigenvalue weighted by atomic mass is 10.3. The van der Waals surface area contributed by atoms with E-state index in [1.807, 2.05) is 0 Å². The number of ether oxygens (including phenoxy) is 1. The first-order valence-electron chi connectivity index (χ1n) is 2.99. The number of aliphatic hydroxyl groups is 1. The molecule has 0 amide bonds. The Morgan fingerprint density at radius 2 is 2.60 bits per heavy atom. The predicted octanol–water partition coefficient (Wildman–Crippen LogP) is -0.993. The maximum Gasteiger partial charge on any atom is 0.354 e. The molecule has 1 heterocycles. The van der Waals surface area contributed by atoms with Gasteiger partial charge in [0, 0.05) is 7.05 Å². The number of aliphatic hydroxyl groups excluding tert-OH is 1. The van der Waals surface area contributed by atoms with Crippen LogP contribution in [0, 0.1) is 0 Å². The zero-order valence-corrected chi connectivity index (χ0v) is 5.63. The molecule has 1 aliphatic rings. The molecule has 0 aliphatic carbocycles. The van der Waals surface area contributed by atoms with Crippen LogP contribution in [0.3, 0.4) is 0 Å². The molecule has 4 nitrogen and oxygen atoms in total. The summed E-state index contributed by atoms with van der Waals surface area (Å²) in [5.41, 5.74) is 0.416. The Morgan fingerprint density at radius 1 is 1.90 bits per heavy atom. The van der Waals surface area contributed by atoms with Crippen LogP contribution in [0.4, 0.5) is 0 Å². The van der Waals surface area contributed by atoms with Crippen molar-refractivity contribution < 1.29 is 14.6 Å². The molecular weight excluding hydrogens is 134 g/mol. The van der Waals surface area contributed by atoms with E-state index in [1.54, 1.807) is 13.1 Å². The van der Waals surface area contributed by atoms with E-state index in [9.17, 15) is 4.79 Å². The van der Waals surface area contributed by atoms with Crippen LogP contribution in [0.2, 0.25) is 0 Å². The third-order valence-electron chi connectivity index (χ3n) is 1.28. The van der Waals surface area contributed by atoms with E-state index in [2.05, 4.69) is 10.1 Å². The molecule has 1 atom stereocenters. The summed E-state index contributed by atoms with van der Waals surface area (Å²) in [6.45, 7) is -0.156. The number of hydrogen-bond acceptors (Lipinski definition) is 4. The molecule has 0 spiro atoms. The van der Waals surface area contributed by atoms with Gasteiger partial charge in [0.15, 0.2) is 0 Å². The van der Waals surface area contributed by atoms with Crippen molar-refractivity contribution in [3.05, 3.63) is 11.8 Å². The molecule has 0 radical (unpaired) electrons. The van der Waals surface area contributed by atoms with Gasteiger partial charge in [0.2, 0.25) is 0 Å². The predicted molar refractivity (Wildman–Crippen MR) is 34.1 cm³/mol. The fourth-order valence-electron chi connectivity index (χ4n) is 0.764. The number of cyclic esters (lactones) is 1. The standard InChI is InChI=1S/C6H9NO3/c1-7-5-2-4(3-8)10-6(5)9/h2,4,7-8H,3H2,1H3. The van der Waals surface area contributed by atoms with E-state index >= 15 is 0 Å². The van der Waals surface area contributed by atoms with Crippen molar-refractivity contribution in [1.82, 2.24) is 5.32 Å². The molecule has 1 unspecified atom stereocenters. The summed E-state index contributed by atoms with van der Waals surface area (Å²) in [6.07, 6.45) is 1.09. The van der Waals surface area contributed by atoms with Crippen molar-refractivity contribution in [3.8, 4) is 0 Å². The topological polar surface area (TPSA) is 58.6 Å². The lowest BCUT2D eigenvalue weighted by molar-refractivity contribution is -0.141. The van der Waals surface area contributed by atoms with Crippen LogP contribution in [0.15, 0.2) is 11.8 Å². The van der Waals surface area contributed by atoms with Crippen LogP contribution < -0.4 is 5.32 Å². The number of likely N-dealkylation sites (N-methyl/N-ethyl adjacent to an activating group) is 1. The highest BCUT2D eigenvalue weighted by molar-refractivity contribution is 5.90. The van der Waals surface area contributed by atoms with Crippen LogP contribution >= 0.6 is 0 Å². The van der Waals surface area contributed by atoms with Crippen LogP contribution in [0.5, 0.6) is 0 Å². The number of rotatable bonds is 2. The second-order valence-corrected chi connectivity index (χ2v) is 1.96. The quantitative estimate of drug-likeness (QED) is 0.487. The van der Waals surface area contributed by atoms with Gasteiger partial charge in [0.05, 0.1) is 6.61 Å². The fraction of sp³-hybridized carbons (Fsp3) is 0.500. The molecular formula is C6H9NO3. The van der Waals surface area contributed by atoms with Gasteiger partial charge in [-0.25, -0.2) is 4.79 Å². The van der Waals surface area contributed by atoms with Crippen molar-refractivity contribution in [1.29, 1.82) is 0 Å². The molecule has 0 saturated heterocycles. The molecule has 1 aliphatic heterocycles. The molecule has 0 fully saturated rings. The summed E-state index contributed by atoms with van der Waals surface area (Å²) >= 11 is 0. The third-order valence-corrected chi connectivity index (χ3v) is 1.28. The highest BCUT2D eigenvalue weighted by atomic mass is 16.6. The second kappa shape index (κ2) is 2.70. The smallest absolute Gasteiger partial charge is 0.354 e. The van der Waals surface area contributed by atoms with Crippen molar-refractivity contribution >= 4 is 5.97 Å². The molecule has 0 aromatic rings. The van der Waals surface area contributed by atoms with Crippen molar-refractivity contribution in [2.75, 3.05) is 13.7 Å². The second-order valence-electron chi connectivity index (χ2n) is 1.96. The first kappa shape index (κ1) is 7.08. The summed E-state index contributed by atoms with van der Waals surface area (Å²) in [7, 11) is 1.63. The number of hydrogen-bond donors (Lipinski definition) is 2. The molecule has 1 rings (SSSR count). The highest BCUT2D eigenvalue weighted by Crippen LogP contribution is 2.09. The highest BCUT2D eigenvalue weighted by Gasteiger charge is 2.23. The van der Waals surface area contributed by atoms with Gasteiger partial charge < -0.3 is 15.2 Å². The van der Waals surface area contributed by atoms with Crippen molar-refractivity contribution in [2.45, 2.75) is 6.10 Å². The minimum atomic E-state index is -0.463. The number of esters is 1. The SMILES string of the molecule is CNC1=CC(CO)OC1=O. The van der Waals surface area contributed by atoms with Crippen LogP contribution in [-0.2, 0) is 9.53 Å². The average Bonchev–Trinajstić information content (AvgIpc) is 2.30. The molecule has 0 bridgehead atoms. The van der Waals surface area contributed by atoms with Gasteiger partial charge in [-0.05, 0) is 6.08 Å². The van der Waals surface area contributed by atoms with Gasteiger partial charge in [-0.1, -0.05) is 0 Å². The first-order valence-corrected chi connectivity index (χ1v) is 2.99. The van der Waals surface area contributed by atoms with E-state index in [0.717, 1.165) is 0 Å². The first-order chi connectivity index (χ1) is 4.77. The van der Waals surface area contributed by atoms with E-state index < -0.39 is 12.1 Å². The molecule has 2 N–H and O–H groups in total. The molecule has 0 saturated carbocycles. The molecule has 4 heteroatoms. The Morgan fingerprint density at radius 3 is 2.90 bits per heavy atom. The van der Waals surface area contributed by atoms with Gasteiger partial charge in [0.1, 0.15) is 11.8 Å². The summed E-state index contributed by atoms with van der Waals surface area (Å²) in [6, 6.07) is 0. The van der Waals surface area contributed by atoms with Gasteiger partial charge in [-0.15, -0.1) is 0 Å². The Hall–Kier alpha value is -1.03. The van der Waals surface area contributed by atoms with Gasteiger partial charge >= 0.3 is 5.97 Å². The fourth-order valence-corrected chi connectivity index (χ4v) is 0.764. The molecule has 0 aromatic carbocycles. The summed E-state index contributed by atoms with van der Waals surface area (Å²) in [4.78, 5) is 10.7. The number of carbonyl (C=O) groups excluding carboxylic acids is 1. The summed E-state index contributed by atoms with van der Waals surface area (Å²) < 4.78 is 4.67. The minimum absolute atomic E-state index is 0.156. The van der Waals surface area contributed by atoms with E-state index in [1.165, 1.54) is 0 Å². The van der Waals surface area contributed by atoms with Gasteiger partial charge in [-0.3, -0.25) is 0 Å². The van der Waals surface area contributed by atoms with Crippen LogP contribution in [0.25, 0.3) is 0 Å². The van der Waals surface area contributed by atoms with E-state index in [4.69, 9.17) is 5.11 Å². The molecule has 0 aromatic heterocycles. The van der Waals surface area contributed by atoms with E-state index in [0.29, 0.717) is 5.70 Å². The van der Waals surface area contributed by atoms with Crippen LogP contribution in [-0.4, -0.2) is 30.8 Å². The Balaban J connectivity index is 2.63. The zero-order valence-electron chi connectivity index (χ0n) is 5.63. The maximum absolute atomic E-state index is 10.7. The maximum atomic E-state index is 10.7. The van der Waals surface area contributed by atoms with E-state index in [-0.39, 0.29) is 6.61 Å². The summed E-state index contributed by atoms with van der Waals surface area (Å²) in [5, 5.41) is 11.2. The number of carbonyl (C=O) groups is 1. The Labute approximate surface area is 58.5 Å². The van der Waals surface area contributed by atoms with Crippen molar-refractivity contribution in [3.63, 3.8) is 0 Å². The monoisotopic (exact) mass is 143 g/mol. The lowest BCUT2D eigenvalue weighted by Crippen LogP contribution is -2.15. The average molecular weight is 143 g/mol. The summed E-state index contributed by atoms with van der Waals surface area (Å²) in [5.74, 6) is -0.401. The van der Waals surface area contributed by atoms with Gasteiger partial charge in [0.25, 0.3) is 0 Å². The van der Waals surface area contributed by atoms with Gasteiger partial charge in [-0.2, -0.15) is 0 Å². The molecule has 10 heavy (non-hydrogen) atoms. The zero-order chi connectivity index (χ0) is 7.56. The van der Waals surface area contributed by atoms with Crippen LogP contribution in [0.1, 0.15) is 0 Å². The molecule has 56 valence electrons. The van der Waals surface area contributed by atoms with Crippen molar-refractivity contribution in [2.24, 2.45) is 0 Å². The Bertz CT molecular complexity index is 176. The third kappa shape index (κ3) is 1.11. The normalized spacial score (nSPS) is 24.0. The minimum Gasteiger partial charge on any atom is -0.451 e. The number of nitrogens with one attached hydrogen (secondary N) is 1.